The van der Waals surface area contributed by atoms with Crippen molar-refractivity contribution in [3.05, 3.63) is 11.9 Å². The van der Waals surface area contributed by atoms with Crippen LogP contribution >= 0.6 is 0 Å². The van der Waals surface area contributed by atoms with E-state index in [-0.39, 0.29) is 23.9 Å². The Bertz CT molecular complexity index is 691. The fourth-order valence-electron chi connectivity index (χ4n) is 3.14. The van der Waals surface area contributed by atoms with Crippen molar-refractivity contribution in [1.29, 1.82) is 0 Å². The molecule has 0 saturated carbocycles. The predicted molar refractivity (Wildman–Crippen MR) is 89.8 cm³/mol. The normalized spacial score (nSPS) is 22.6. The van der Waals surface area contributed by atoms with Gasteiger partial charge in [-0.1, -0.05) is 13.3 Å². The Labute approximate surface area is 140 Å². The number of halogens is 1. The van der Waals surface area contributed by atoms with Gasteiger partial charge in [0, 0.05) is 6.54 Å². The maximum atomic E-state index is 14.1. The van der Waals surface area contributed by atoms with Crippen LogP contribution in [0.4, 0.5) is 10.2 Å². The summed E-state index contributed by atoms with van der Waals surface area (Å²) in [6.45, 7) is 5.31. The average Bonchev–Trinajstić information content (AvgIpc) is 2.93. The van der Waals surface area contributed by atoms with Crippen molar-refractivity contribution >= 4 is 11.5 Å². The number of nitrogens with two attached hydrogens (primary N) is 1. The van der Waals surface area contributed by atoms with Gasteiger partial charge in [0.15, 0.2) is 11.5 Å². The van der Waals surface area contributed by atoms with E-state index in [0.29, 0.717) is 18.6 Å². The molecular weight excluding hydrogens is 311 g/mol. The largest absolute Gasteiger partial charge is 0.459 e. The molecule has 7 nitrogen and oxygen atoms in total. The third-order valence-electron chi connectivity index (χ3n) is 4.46. The quantitative estimate of drug-likeness (QED) is 0.835. The number of imidazole rings is 1. The second kappa shape index (κ2) is 7.29. The number of hydrogen-bond acceptors (Lipinski definition) is 6. The Hall–Kier alpha value is -1.96. The molecule has 1 aliphatic rings. The number of anilines is 1. The number of ether oxygens (including phenoxy) is 1. The van der Waals surface area contributed by atoms with Gasteiger partial charge in [0.1, 0.15) is 6.17 Å². The van der Waals surface area contributed by atoms with E-state index in [2.05, 4.69) is 27.3 Å². The third-order valence-corrected chi connectivity index (χ3v) is 4.46. The first-order chi connectivity index (χ1) is 11.6. The Balaban J connectivity index is 1.84. The molecule has 8 heteroatoms. The second-order valence-electron chi connectivity index (χ2n) is 6.45. The fraction of sp³-hybridized carbons (Fsp3) is 0.688. The number of rotatable bonds is 6. The van der Waals surface area contributed by atoms with Crippen LogP contribution in [0.3, 0.4) is 0 Å². The highest BCUT2D eigenvalue weighted by Gasteiger charge is 2.26. The fourth-order valence-corrected chi connectivity index (χ4v) is 3.14. The molecular formula is C16H25FN6O. The highest BCUT2D eigenvalue weighted by atomic mass is 19.1. The summed E-state index contributed by atoms with van der Waals surface area (Å²) in [4.78, 5) is 8.46. The minimum atomic E-state index is -0.858. The molecule has 1 fully saturated rings. The van der Waals surface area contributed by atoms with Gasteiger partial charge < -0.3 is 15.8 Å². The minimum absolute atomic E-state index is 0.0125. The van der Waals surface area contributed by atoms with Crippen molar-refractivity contribution in [3.8, 4) is 6.01 Å². The van der Waals surface area contributed by atoms with E-state index in [1.165, 1.54) is 0 Å². The molecule has 1 aliphatic heterocycles. The molecule has 0 bridgehead atoms. The minimum Gasteiger partial charge on any atom is -0.459 e. The van der Waals surface area contributed by atoms with Gasteiger partial charge in [-0.15, -0.1) is 5.10 Å². The van der Waals surface area contributed by atoms with Gasteiger partial charge in [-0.3, -0.25) is 0 Å². The smallest absolute Gasteiger partial charge is 0.336 e. The zero-order chi connectivity index (χ0) is 17.1. The SMILES string of the molecule is CCC[C@H](C)Oc1nc(N)c2ncc(CC3CCNCC3F)n2n1. The van der Waals surface area contributed by atoms with Crippen LogP contribution in [0, 0.1) is 5.92 Å². The molecule has 3 atom stereocenters. The van der Waals surface area contributed by atoms with Crippen molar-refractivity contribution in [2.24, 2.45) is 5.92 Å². The van der Waals surface area contributed by atoms with E-state index in [1.54, 1.807) is 10.7 Å². The molecule has 0 spiro atoms. The van der Waals surface area contributed by atoms with Crippen LogP contribution in [0.15, 0.2) is 6.20 Å². The predicted octanol–water partition coefficient (Wildman–Crippen LogP) is 1.76. The molecule has 0 radical (unpaired) electrons. The summed E-state index contributed by atoms with van der Waals surface area (Å²) in [5.41, 5.74) is 7.31. The van der Waals surface area contributed by atoms with Crippen molar-refractivity contribution in [3.63, 3.8) is 0 Å². The van der Waals surface area contributed by atoms with Crippen molar-refractivity contribution in [1.82, 2.24) is 24.9 Å². The summed E-state index contributed by atoms with van der Waals surface area (Å²) in [7, 11) is 0. The van der Waals surface area contributed by atoms with Gasteiger partial charge in [-0.25, -0.2) is 13.9 Å². The van der Waals surface area contributed by atoms with Gasteiger partial charge >= 0.3 is 6.01 Å². The highest BCUT2D eigenvalue weighted by Crippen LogP contribution is 2.23. The van der Waals surface area contributed by atoms with Crippen molar-refractivity contribution in [2.75, 3.05) is 18.8 Å². The molecule has 0 aliphatic carbocycles. The number of hydrogen-bond donors (Lipinski definition) is 2. The van der Waals surface area contributed by atoms with Crippen LogP contribution in [0.25, 0.3) is 5.65 Å². The number of nitrogens with one attached hydrogen (secondary N) is 1. The van der Waals surface area contributed by atoms with E-state index >= 15 is 0 Å². The first-order valence-corrected chi connectivity index (χ1v) is 8.60. The zero-order valence-electron chi connectivity index (χ0n) is 14.2. The topological polar surface area (TPSA) is 90.4 Å². The summed E-state index contributed by atoms with van der Waals surface area (Å²) in [6, 6.07) is 0.238. The van der Waals surface area contributed by atoms with E-state index in [9.17, 15) is 4.39 Å². The van der Waals surface area contributed by atoms with Gasteiger partial charge in [0.2, 0.25) is 0 Å². The summed E-state index contributed by atoms with van der Waals surface area (Å²) >= 11 is 0. The van der Waals surface area contributed by atoms with Gasteiger partial charge in [0.25, 0.3) is 0 Å². The third kappa shape index (κ3) is 3.58. The first kappa shape index (κ1) is 16.9. The number of aromatic nitrogens is 4. The first-order valence-electron chi connectivity index (χ1n) is 8.60. The molecule has 2 unspecified atom stereocenters. The lowest BCUT2D eigenvalue weighted by atomic mass is 9.92. The monoisotopic (exact) mass is 336 g/mol. The molecule has 0 amide bonds. The number of piperidine rings is 1. The molecule has 3 heterocycles. The molecule has 132 valence electrons. The van der Waals surface area contributed by atoms with E-state index in [1.807, 2.05) is 6.92 Å². The van der Waals surface area contributed by atoms with E-state index in [0.717, 1.165) is 31.5 Å². The second-order valence-corrected chi connectivity index (χ2v) is 6.45. The standard InChI is InChI=1S/C16H25FN6O/c1-3-4-10(2)24-16-21-14(18)15-20-8-12(23(15)22-16)7-11-5-6-19-9-13(11)17/h8,10-11,13,19H,3-7,9H2,1-2H3,(H2,18,21,22)/t10-,11?,13?/m0/s1. The average molecular weight is 336 g/mol. The van der Waals surface area contributed by atoms with Gasteiger partial charge in [-0.2, -0.15) is 4.98 Å². The molecule has 0 aromatic carbocycles. The highest BCUT2D eigenvalue weighted by molar-refractivity contribution is 5.59. The Morgan fingerprint density at radius 2 is 2.38 bits per heavy atom. The summed E-state index contributed by atoms with van der Waals surface area (Å²) in [6.07, 6.45) is 4.16. The van der Waals surface area contributed by atoms with Crippen LogP contribution in [0.2, 0.25) is 0 Å². The van der Waals surface area contributed by atoms with Gasteiger partial charge in [0.05, 0.1) is 18.0 Å². The lowest BCUT2D eigenvalue weighted by Gasteiger charge is -2.26. The van der Waals surface area contributed by atoms with Crippen LogP contribution < -0.4 is 15.8 Å². The number of nitrogen functional groups attached to an aromatic ring is 1. The molecule has 3 rings (SSSR count). The van der Waals surface area contributed by atoms with Crippen LogP contribution in [-0.4, -0.2) is 44.9 Å². The Kier molecular flexibility index (Phi) is 5.13. The molecule has 2 aromatic heterocycles. The van der Waals surface area contributed by atoms with E-state index in [4.69, 9.17) is 10.5 Å². The van der Waals surface area contributed by atoms with Crippen molar-refractivity contribution in [2.45, 2.75) is 51.8 Å². The van der Waals surface area contributed by atoms with Crippen LogP contribution in [0.1, 0.15) is 38.8 Å². The van der Waals surface area contributed by atoms with E-state index < -0.39 is 6.17 Å². The van der Waals surface area contributed by atoms with Crippen LogP contribution in [0.5, 0.6) is 6.01 Å². The summed E-state index contributed by atoms with van der Waals surface area (Å²) < 4.78 is 21.5. The maximum absolute atomic E-state index is 14.1. The zero-order valence-corrected chi connectivity index (χ0v) is 14.2. The number of alkyl halides is 1. The maximum Gasteiger partial charge on any atom is 0.336 e. The number of nitrogens with zero attached hydrogens (tertiary/aromatic N) is 4. The molecule has 2 aromatic rings. The summed E-state index contributed by atoms with van der Waals surface area (Å²) in [5.74, 6) is 0.239. The Morgan fingerprint density at radius 3 is 3.12 bits per heavy atom. The molecule has 24 heavy (non-hydrogen) atoms. The lowest BCUT2D eigenvalue weighted by molar-refractivity contribution is 0.177. The molecule has 3 N–H and O–H groups in total. The summed E-state index contributed by atoms with van der Waals surface area (Å²) in [5, 5.41) is 7.48. The number of fused-ring (bicyclic) bond motifs is 1. The van der Waals surface area contributed by atoms with Gasteiger partial charge in [-0.05, 0) is 38.6 Å². The van der Waals surface area contributed by atoms with Crippen molar-refractivity contribution < 1.29 is 9.13 Å². The lowest BCUT2D eigenvalue weighted by Crippen LogP contribution is -2.39. The Morgan fingerprint density at radius 1 is 1.54 bits per heavy atom. The van der Waals surface area contributed by atoms with Crippen LogP contribution in [-0.2, 0) is 6.42 Å². The molecule has 1 saturated heterocycles.